The highest BCUT2D eigenvalue weighted by molar-refractivity contribution is 5.59. The van der Waals surface area contributed by atoms with E-state index in [9.17, 15) is 13.2 Å². The molecule has 0 bridgehead atoms. The maximum Gasteiger partial charge on any atom is 0.266 e. The van der Waals surface area contributed by atoms with Crippen LogP contribution in [0.15, 0.2) is 42.7 Å². The summed E-state index contributed by atoms with van der Waals surface area (Å²) < 4.78 is 38.8. The summed E-state index contributed by atoms with van der Waals surface area (Å²) in [6.07, 6.45) is 1.07. The van der Waals surface area contributed by atoms with Gasteiger partial charge >= 0.3 is 0 Å². The third-order valence-corrected chi connectivity index (χ3v) is 3.55. The number of alkyl halides is 2. The van der Waals surface area contributed by atoms with E-state index in [-0.39, 0.29) is 0 Å². The largest absolute Gasteiger partial charge is 0.362 e. The zero-order valence-corrected chi connectivity index (χ0v) is 12.5. The van der Waals surface area contributed by atoms with Crippen LogP contribution in [0.3, 0.4) is 0 Å². The van der Waals surface area contributed by atoms with Crippen molar-refractivity contribution in [2.24, 2.45) is 0 Å². The lowest BCUT2D eigenvalue weighted by Gasteiger charge is -2.17. The van der Waals surface area contributed by atoms with E-state index in [2.05, 4.69) is 15.1 Å². The molecule has 0 atom stereocenters. The van der Waals surface area contributed by atoms with Gasteiger partial charge < -0.3 is 9.80 Å². The van der Waals surface area contributed by atoms with E-state index in [1.807, 2.05) is 24.3 Å². The molecular formula is C16H15F3N4. The predicted molar refractivity (Wildman–Crippen MR) is 79.7 cm³/mol. The average Bonchev–Trinajstić information content (AvgIpc) is 2.93. The first-order chi connectivity index (χ1) is 11.0. The number of nitrogens with zero attached hydrogens (tertiary/aromatic N) is 4. The lowest BCUT2D eigenvalue weighted by molar-refractivity contribution is 0.146. The third kappa shape index (κ3) is 3.44. The molecule has 0 radical (unpaired) electrons. The zero-order valence-electron chi connectivity index (χ0n) is 12.5. The second-order valence-corrected chi connectivity index (χ2v) is 5.39. The molecule has 1 aliphatic rings. The zero-order chi connectivity index (χ0) is 16.4. The summed E-state index contributed by atoms with van der Waals surface area (Å²) in [5, 5.41) is 8.17. The van der Waals surface area contributed by atoms with Crippen LogP contribution in [0.2, 0.25) is 0 Å². The van der Waals surface area contributed by atoms with E-state index < -0.39 is 17.8 Å². The number of hydrogen-bond acceptors (Lipinski definition) is 4. The fraction of sp³-hybridized carbons (Fsp3) is 0.250. The quantitative estimate of drug-likeness (QED) is 0.864. The minimum atomic E-state index is -2.86. The number of benzene rings is 1. The Labute approximate surface area is 131 Å². The maximum absolute atomic E-state index is 13.3. The molecule has 1 aromatic heterocycles. The van der Waals surface area contributed by atoms with Gasteiger partial charge in [-0.2, -0.15) is 10.2 Å². The number of hydrogen-bond donors (Lipinski definition) is 0. The van der Waals surface area contributed by atoms with E-state index in [1.54, 1.807) is 12.1 Å². The first kappa shape index (κ1) is 15.3. The van der Waals surface area contributed by atoms with E-state index >= 15 is 0 Å². The third-order valence-electron chi connectivity index (χ3n) is 3.55. The molecule has 2 heterocycles. The predicted octanol–water partition coefficient (Wildman–Crippen LogP) is 3.40. The molecule has 0 saturated carbocycles. The minimum Gasteiger partial charge on any atom is -0.362 e. The summed E-state index contributed by atoms with van der Waals surface area (Å²) in [7, 11) is 1.97. The van der Waals surface area contributed by atoms with E-state index in [4.69, 9.17) is 0 Å². The van der Waals surface area contributed by atoms with Crippen molar-refractivity contribution in [1.29, 1.82) is 0 Å². The van der Waals surface area contributed by atoms with Gasteiger partial charge in [0.15, 0.2) is 0 Å². The summed E-state index contributed by atoms with van der Waals surface area (Å²) in [5.41, 5.74) is 0.995. The lowest BCUT2D eigenvalue weighted by Crippen LogP contribution is -2.22. The summed E-state index contributed by atoms with van der Waals surface area (Å²) in [6, 6.07) is 7.05. The Morgan fingerprint density at radius 1 is 1.13 bits per heavy atom. The SMILES string of the molecule is CN1C=CN(Cc2ccc(-c3ccc(F)c(C(F)F)c3)nn2)C1. The van der Waals surface area contributed by atoms with Gasteiger partial charge in [-0.25, -0.2) is 13.2 Å². The van der Waals surface area contributed by atoms with Gasteiger partial charge in [0, 0.05) is 25.0 Å². The van der Waals surface area contributed by atoms with Gasteiger partial charge in [0.05, 0.1) is 30.2 Å². The second kappa shape index (κ2) is 6.28. The lowest BCUT2D eigenvalue weighted by atomic mass is 10.1. The Morgan fingerprint density at radius 2 is 1.96 bits per heavy atom. The van der Waals surface area contributed by atoms with Gasteiger partial charge in [-0.05, 0) is 30.3 Å². The van der Waals surface area contributed by atoms with Crippen molar-refractivity contribution in [3.05, 3.63) is 59.8 Å². The molecule has 7 heteroatoms. The molecule has 23 heavy (non-hydrogen) atoms. The first-order valence-electron chi connectivity index (χ1n) is 7.06. The average molecular weight is 320 g/mol. The van der Waals surface area contributed by atoms with Crippen LogP contribution in [0, 0.1) is 5.82 Å². The van der Waals surface area contributed by atoms with Crippen LogP contribution < -0.4 is 0 Å². The highest BCUT2D eigenvalue weighted by Gasteiger charge is 2.15. The van der Waals surface area contributed by atoms with Crippen molar-refractivity contribution in [2.75, 3.05) is 13.7 Å². The highest BCUT2D eigenvalue weighted by Crippen LogP contribution is 2.27. The van der Waals surface area contributed by atoms with Gasteiger partial charge in [-0.3, -0.25) is 0 Å². The Morgan fingerprint density at radius 3 is 2.57 bits per heavy atom. The molecule has 0 fully saturated rings. The highest BCUT2D eigenvalue weighted by atomic mass is 19.3. The molecule has 0 N–H and O–H groups in total. The normalized spacial score (nSPS) is 14.1. The van der Waals surface area contributed by atoms with Crippen molar-refractivity contribution in [3.8, 4) is 11.3 Å². The van der Waals surface area contributed by atoms with Crippen molar-refractivity contribution >= 4 is 0 Å². The van der Waals surface area contributed by atoms with E-state index in [0.717, 1.165) is 24.5 Å². The van der Waals surface area contributed by atoms with Crippen molar-refractivity contribution in [2.45, 2.75) is 13.0 Å². The summed E-state index contributed by atoms with van der Waals surface area (Å²) in [6.45, 7) is 1.39. The van der Waals surface area contributed by atoms with Gasteiger partial charge in [0.25, 0.3) is 6.43 Å². The number of rotatable bonds is 4. The van der Waals surface area contributed by atoms with E-state index in [1.165, 1.54) is 6.07 Å². The van der Waals surface area contributed by atoms with Crippen LogP contribution >= 0.6 is 0 Å². The molecule has 0 spiro atoms. The summed E-state index contributed by atoms with van der Waals surface area (Å²) >= 11 is 0. The molecule has 0 amide bonds. The van der Waals surface area contributed by atoms with Crippen LogP contribution in [-0.4, -0.2) is 33.7 Å². The van der Waals surface area contributed by atoms with Gasteiger partial charge in [-0.15, -0.1) is 0 Å². The Bertz CT molecular complexity index is 716. The Balaban J connectivity index is 1.77. The van der Waals surface area contributed by atoms with Crippen molar-refractivity contribution in [1.82, 2.24) is 20.0 Å². The van der Waals surface area contributed by atoms with Gasteiger partial charge in [0.2, 0.25) is 0 Å². The molecule has 0 unspecified atom stereocenters. The Hall–Kier alpha value is -2.57. The molecular weight excluding hydrogens is 305 g/mol. The van der Waals surface area contributed by atoms with Gasteiger partial charge in [-0.1, -0.05) is 0 Å². The van der Waals surface area contributed by atoms with Crippen LogP contribution in [0.4, 0.5) is 13.2 Å². The van der Waals surface area contributed by atoms with E-state index in [0.29, 0.717) is 17.8 Å². The smallest absolute Gasteiger partial charge is 0.266 e. The van der Waals surface area contributed by atoms with Crippen LogP contribution in [0.25, 0.3) is 11.3 Å². The molecule has 3 rings (SSSR count). The van der Waals surface area contributed by atoms with Crippen molar-refractivity contribution < 1.29 is 13.2 Å². The summed E-state index contributed by atoms with van der Waals surface area (Å²) in [5.74, 6) is -0.918. The fourth-order valence-corrected chi connectivity index (χ4v) is 2.37. The molecule has 1 aliphatic heterocycles. The molecule has 4 nitrogen and oxygen atoms in total. The Kier molecular flexibility index (Phi) is 4.18. The topological polar surface area (TPSA) is 32.3 Å². The maximum atomic E-state index is 13.3. The molecule has 2 aromatic rings. The standard InChI is InChI=1S/C16H15F3N4/c1-22-6-7-23(10-22)9-12-3-5-15(21-20-12)11-2-4-14(17)13(8-11)16(18)19/h2-8,16H,9-10H2,1H3. The van der Waals surface area contributed by atoms with Crippen LogP contribution in [0.5, 0.6) is 0 Å². The fourth-order valence-electron chi connectivity index (χ4n) is 2.37. The summed E-state index contributed by atoms with van der Waals surface area (Å²) in [4.78, 5) is 4.10. The molecule has 0 saturated heterocycles. The second-order valence-electron chi connectivity index (χ2n) is 5.39. The molecule has 1 aromatic carbocycles. The molecule has 120 valence electrons. The first-order valence-corrected chi connectivity index (χ1v) is 7.06. The number of aromatic nitrogens is 2. The molecule has 0 aliphatic carbocycles. The van der Waals surface area contributed by atoms with Crippen LogP contribution in [0.1, 0.15) is 17.7 Å². The minimum absolute atomic E-state index is 0.418. The monoisotopic (exact) mass is 320 g/mol. The van der Waals surface area contributed by atoms with Crippen molar-refractivity contribution in [3.63, 3.8) is 0 Å². The van der Waals surface area contributed by atoms with Gasteiger partial charge in [0.1, 0.15) is 5.82 Å². The number of halogens is 3. The van der Waals surface area contributed by atoms with Crippen LogP contribution in [-0.2, 0) is 6.54 Å².